The molecule has 0 spiro atoms. The lowest BCUT2D eigenvalue weighted by Crippen LogP contribution is -2.49. The summed E-state index contributed by atoms with van der Waals surface area (Å²) in [5.74, 6) is -1.26. The molecule has 66 valence electrons. The van der Waals surface area contributed by atoms with Crippen LogP contribution in [0.25, 0.3) is 0 Å². The molecule has 0 heterocycles. The minimum atomic E-state index is -1.73. The average molecular weight is 176 g/mol. The van der Waals surface area contributed by atoms with Gasteiger partial charge in [-0.1, -0.05) is 18.2 Å². The van der Waals surface area contributed by atoms with Crippen LogP contribution in [0.4, 0.5) is 0 Å². The van der Waals surface area contributed by atoms with Crippen molar-refractivity contribution in [3.63, 3.8) is 0 Å². The van der Waals surface area contributed by atoms with Gasteiger partial charge in [0.15, 0.2) is 0 Å². The van der Waals surface area contributed by atoms with Crippen LogP contribution in [-0.2, 0) is 4.79 Å². The van der Waals surface area contributed by atoms with Crippen LogP contribution >= 0.6 is 0 Å². The minimum Gasteiger partial charge on any atom is -0.480 e. The fourth-order valence-corrected chi connectivity index (χ4v) is 0.794. The number of nitrogens with two attached hydrogens (primary N) is 2. The Hall–Kier alpha value is -0.415. The Labute approximate surface area is 81.7 Å². The van der Waals surface area contributed by atoms with Crippen molar-refractivity contribution in [2.24, 2.45) is 11.5 Å². The van der Waals surface area contributed by atoms with Crippen LogP contribution in [0.1, 0.15) is 19.3 Å². The smallest absolute Gasteiger partial charge is 0.314 e. The van der Waals surface area contributed by atoms with Crippen LogP contribution in [0.5, 0.6) is 0 Å². The fraction of sp³-hybridized carbons (Fsp3) is 0.833. The van der Waals surface area contributed by atoms with Crippen LogP contribution in [0, 0.1) is 0 Å². The largest absolute Gasteiger partial charge is 0.480 e. The molecule has 0 aliphatic rings. The fourth-order valence-electron chi connectivity index (χ4n) is 0.794. The molecule has 0 aliphatic heterocycles. The molecular weight excluding hydrogens is 165 g/mol. The summed E-state index contributed by atoms with van der Waals surface area (Å²) in [4.78, 5) is 10.4. The van der Waals surface area contributed by atoms with Gasteiger partial charge in [0, 0.05) is 0 Å². The van der Waals surface area contributed by atoms with Gasteiger partial charge in [-0.05, 0) is 6.42 Å². The lowest BCUT2D eigenvalue weighted by atomic mass is 9.59. The summed E-state index contributed by atoms with van der Waals surface area (Å²) in [5.41, 5.74) is 8.78. The van der Waals surface area contributed by atoms with Crippen molar-refractivity contribution in [2.45, 2.75) is 30.0 Å². The van der Waals surface area contributed by atoms with E-state index in [2.05, 4.69) is 0 Å². The number of rotatable bonds is 5. The number of hydrogen-bond acceptors (Lipinski definition) is 3. The second-order valence-electron chi connectivity index (χ2n) is 3.31. The van der Waals surface area contributed by atoms with Gasteiger partial charge in [0.2, 0.25) is 0 Å². The molecule has 0 aromatic carbocycles. The van der Waals surface area contributed by atoms with Crippen molar-refractivity contribution < 1.29 is 9.90 Å². The highest BCUT2D eigenvalue weighted by Gasteiger charge is 2.26. The maximum atomic E-state index is 10.4. The second-order valence-corrected chi connectivity index (χ2v) is 3.31. The summed E-state index contributed by atoms with van der Waals surface area (Å²) in [7, 11) is 15.8. The van der Waals surface area contributed by atoms with Gasteiger partial charge in [0.1, 0.15) is 7.85 Å². The van der Waals surface area contributed by atoms with E-state index in [1.54, 1.807) is 0 Å². The van der Waals surface area contributed by atoms with Crippen molar-refractivity contribution in [3.8, 4) is 0 Å². The van der Waals surface area contributed by atoms with Gasteiger partial charge in [-0.25, -0.2) is 0 Å². The number of carboxylic acid groups (broad SMARTS) is 1. The number of hydrogen-bond donors (Lipinski definition) is 3. The summed E-state index contributed by atoms with van der Waals surface area (Å²) in [5, 5.41) is 7.23. The first-order valence-corrected chi connectivity index (χ1v) is 3.83. The molecule has 7 heteroatoms. The quantitative estimate of drug-likeness (QED) is 0.423. The highest BCUT2D eigenvalue weighted by Crippen LogP contribution is 2.10. The van der Waals surface area contributed by atoms with Crippen LogP contribution < -0.4 is 11.5 Å². The van der Waals surface area contributed by atoms with E-state index in [0.29, 0.717) is 6.42 Å². The summed E-state index contributed by atoms with van der Waals surface area (Å²) in [6.07, 6.45) is 0.703. The summed E-state index contributed by atoms with van der Waals surface area (Å²) in [6.45, 7) is 0. The molecule has 0 saturated carbocycles. The predicted molar refractivity (Wildman–Crippen MR) is 52.6 cm³/mol. The van der Waals surface area contributed by atoms with E-state index in [9.17, 15) is 4.79 Å². The highest BCUT2D eigenvalue weighted by atomic mass is 16.4. The van der Waals surface area contributed by atoms with Crippen LogP contribution in [0.3, 0.4) is 0 Å². The van der Waals surface area contributed by atoms with Crippen molar-refractivity contribution in [1.82, 2.24) is 0 Å². The first-order chi connectivity index (χ1) is 5.65. The third-order valence-electron chi connectivity index (χ3n) is 1.60. The summed E-state index contributed by atoms with van der Waals surface area (Å²) >= 11 is 0. The van der Waals surface area contributed by atoms with Crippen LogP contribution in [-0.4, -0.2) is 45.4 Å². The Bertz CT molecular complexity index is 191. The van der Waals surface area contributed by atoms with E-state index in [1.807, 2.05) is 0 Å². The Balaban J connectivity index is 3.84. The van der Waals surface area contributed by atoms with E-state index in [-0.39, 0.29) is 12.8 Å². The van der Waals surface area contributed by atoms with E-state index >= 15 is 0 Å². The third-order valence-corrected chi connectivity index (χ3v) is 1.60. The van der Waals surface area contributed by atoms with Crippen LogP contribution in [0.15, 0.2) is 0 Å². The Kier molecular flexibility index (Phi) is 4.06. The third kappa shape index (κ3) is 5.77. The summed E-state index contributed by atoms with van der Waals surface area (Å²) < 4.78 is 0. The van der Waals surface area contributed by atoms with Gasteiger partial charge in [0.05, 0.1) is 21.1 Å². The standard InChI is InChI=1S/C6H11B3N2O2/c7-5(10,4(12)13)2-1-3-6(8,9)11/h1-3,10-11H2,(H,12,13)/t5-/m0/s1. The molecule has 13 heavy (non-hydrogen) atoms. The van der Waals surface area contributed by atoms with E-state index in [4.69, 9.17) is 40.1 Å². The molecule has 0 rings (SSSR count). The van der Waals surface area contributed by atoms with Crippen molar-refractivity contribution in [3.05, 3.63) is 0 Å². The zero-order valence-electron chi connectivity index (χ0n) is 7.36. The lowest BCUT2D eigenvalue weighted by Gasteiger charge is -2.23. The monoisotopic (exact) mass is 176 g/mol. The van der Waals surface area contributed by atoms with Crippen molar-refractivity contribution in [1.29, 1.82) is 0 Å². The Morgan fingerprint density at radius 2 is 1.69 bits per heavy atom. The zero-order valence-corrected chi connectivity index (χ0v) is 7.36. The van der Waals surface area contributed by atoms with E-state index in [0.717, 1.165) is 0 Å². The molecule has 0 unspecified atom stereocenters. The van der Waals surface area contributed by atoms with Crippen LogP contribution in [0.2, 0.25) is 0 Å². The van der Waals surface area contributed by atoms with Gasteiger partial charge in [-0.2, -0.15) is 0 Å². The lowest BCUT2D eigenvalue weighted by molar-refractivity contribution is -0.140. The van der Waals surface area contributed by atoms with Crippen molar-refractivity contribution >= 4 is 29.5 Å². The molecule has 5 N–H and O–H groups in total. The molecule has 1 atom stereocenters. The predicted octanol–water partition coefficient (Wildman–Crippen LogP) is -1.99. The molecule has 4 nitrogen and oxygen atoms in total. The first-order valence-electron chi connectivity index (χ1n) is 3.83. The second kappa shape index (κ2) is 4.20. The molecule has 0 aromatic rings. The molecule has 0 saturated heterocycles. The van der Waals surface area contributed by atoms with Gasteiger partial charge < -0.3 is 16.6 Å². The molecule has 0 aliphatic carbocycles. The molecular formula is C6H11B3N2O2. The minimum absolute atomic E-state index is 0.0791. The highest BCUT2D eigenvalue weighted by molar-refractivity contribution is 6.39. The van der Waals surface area contributed by atoms with E-state index in [1.165, 1.54) is 0 Å². The number of carbonyl (C=O) groups is 1. The normalized spacial score (nSPS) is 16.5. The number of carboxylic acids is 1. The zero-order chi connectivity index (χ0) is 10.7. The molecule has 0 fully saturated rings. The van der Waals surface area contributed by atoms with Gasteiger partial charge >= 0.3 is 5.97 Å². The van der Waals surface area contributed by atoms with Gasteiger partial charge in [-0.3, -0.25) is 4.79 Å². The molecule has 0 bridgehead atoms. The SMILES string of the molecule is [B]C([B])(N)CCC[C@]([B])(N)C(=O)O. The maximum Gasteiger partial charge on any atom is 0.314 e. The number of aliphatic carboxylic acids is 1. The van der Waals surface area contributed by atoms with Gasteiger partial charge in [0.25, 0.3) is 0 Å². The molecule has 0 amide bonds. The maximum absolute atomic E-state index is 10.4. The molecule has 6 radical (unpaired) electrons. The Morgan fingerprint density at radius 1 is 1.23 bits per heavy atom. The summed E-state index contributed by atoms with van der Waals surface area (Å²) in [6, 6.07) is 0. The first kappa shape index (κ1) is 12.6. The molecule has 0 aromatic heterocycles. The Morgan fingerprint density at radius 3 is 2.00 bits per heavy atom. The van der Waals surface area contributed by atoms with E-state index < -0.39 is 16.7 Å². The van der Waals surface area contributed by atoms with Crippen molar-refractivity contribution in [2.75, 3.05) is 0 Å². The topological polar surface area (TPSA) is 89.3 Å². The van der Waals surface area contributed by atoms with Gasteiger partial charge in [-0.15, -0.1) is 0 Å². The average Bonchev–Trinajstić information content (AvgIpc) is 1.82.